The second-order valence-electron chi connectivity index (χ2n) is 5.65. The molecule has 0 saturated carbocycles. The van der Waals surface area contributed by atoms with Gasteiger partial charge in [0.05, 0.1) is 0 Å². The molecule has 2 heterocycles. The number of thioether (sulfide) groups is 1. The van der Waals surface area contributed by atoms with Crippen LogP contribution in [0.4, 0.5) is 0 Å². The van der Waals surface area contributed by atoms with Gasteiger partial charge in [-0.25, -0.2) is 0 Å². The topological polar surface area (TPSA) is 27.6 Å². The first-order valence-electron chi connectivity index (χ1n) is 7.29. The number of rotatable bonds is 4. The van der Waals surface area contributed by atoms with Crippen molar-refractivity contribution in [1.29, 1.82) is 0 Å². The van der Waals surface area contributed by atoms with Crippen molar-refractivity contribution in [1.82, 2.24) is 10.2 Å². The normalized spacial score (nSPS) is 19.1. The Kier molecular flexibility index (Phi) is 5.78. The first-order chi connectivity index (χ1) is 9.61. The number of nitrogens with one attached hydrogen (secondary N) is 1. The van der Waals surface area contributed by atoms with E-state index in [0.717, 1.165) is 38.6 Å². The standard InChI is InChI=1S/C15H25N3S2/c1-4-16-14(17-7-5-13-6-9-19-11-13)18-8-10-20-15(2,3)12-18/h6,9,11H,4-5,7-8,10,12H2,1-3H3,(H,16,17). The summed E-state index contributed by atoms with van der Waals surface area (Å²) in [5.41, 5.74) is 1.39. The fourth-order valence-electron chi connectivity index (χ4n) is 2.35. The molecule has 0 aromatic carbocycles. The molecule has 20 heavy (non-hydrogen) atoms. The zero-order valence-electron chi connectivity index (χ0n) is 12.7. The van der Waals surface area contributed by atoms with Crippen molar-refractivity contribution >= 4 is 29.1 Å². The van der Waals surface area contributed by atoms with E-state index >= 15 is 0 Å². The summed E-state index contributed by atoms with van der Waals surface area (Å²) in [7, 11) is 0. The molecule has 2 rings (SSSR count). The highest BCUT2D eigenvalue weighted by Crippen LogP contribution is 2.29. The summed E-state index contributed by atoms with van der Waals surface area (Å²) in [6, 6.07) is 2.19. The van der Waals surface area contributed by atoms with Gasteiger partial charge in [0.2, 0.25) is 0 Å². The third-order valence-corrected chi connectivity index (χ3v) is 5.33. The number of thiophene rings is 1. The predicted octanol–water partition coefficient (Wildman–Crippen LogP) is 3.08. The van der Waals surface area contributed by atoms with Crippen LogP contribution in [-0.4, -0.2) is 47.5 Å². The van der Waals surface area contributed by atoms with Crippen molar-refractivity contribution in [3.63, 3.8) is 0 Å². The lowest BCUT2D eigenvalue weighted by atomic mass is 10.2. The van der Waals surface area contributed by atoms with Gasteiger partial charge in [0.15, 0.2) is 5.96 Å². The van der Waals surface area contributed by atoms with E-state index in [9.17, 15) is 0 Å². The molecule has 1 fully saturated rings. The van der Waals surface area contributed by atoms with Crippen LogP contribution in [0.15, 0.2) is 21.8 Å². The molecule has 1 aliphatic rings. The van der Waals surface area contributed by atoms with Crippen molar-refractivity contribution < 1.29 is 0 Å². The van der Waals surface area contributed by atoms with Crippen LogP contribution >= 0.6 is 23.1 Å². The lowest BCUT2D eigenvalue weighted by Crippen LogP contribution is -2.51. The Morgan fingerprint density at radius 1 is 1.50 bits per heavy atom. The Hall–Kier alpha value is -0.680. The van der Waals surface area contributed by atoms with Gasteiger partial charge in [-0.15, -0.1) is 0 Å². The zero-order chi connectivity index (χ0) is 14.4. The molecule has 1 aromatic heterocycles. The molecule has 0 spiro atoms. The summed E-state index contributed by atoms with van der Waals surface area (Å²) in [6.07, 6.45) is 1.03. The maximum atomic E-state index is 4.80. The molecule has 112 valence electrons. The average Bonchev–Trinajstić information content (AvgIpc) is 2.90. The molecule has 1 aromatic rings. The van der Waals surface area contributed by atoms with E-state index < -0.39 is 0 Å². The maximum absolute atomic E-state index is 4.80. The Morgan fingerprint density at radius 3 is 3.00 bits per heavy atom. The van der Waals surface area contributed by atoms with Crippen LogP contribution in [-0.2, 0) is 6.42 Å². The minimum absolute atomic E-state index is 0.321. The van der Waals surface area contributed by atoms with Gasteiger partial charge in [-0.3, -0.25) is 4.99 Å². The van der Waals surface area contributed by atoms with Crippen LogP contribution in [0.5, 0.6) is 0 Å². The van der Waals surface area contributed by atoms with Crippen LogP contribution in [0, 0.1) is 0 Å². The smallest absolute Gasteiger partial charge is 0.193 e. The second kappa shape index (κ2) is 7.36. The quantitative estimate of drug-likeness (QED) is 0.684. The molecule has 0 bridgehead atoms. The van der Waals surface area contributed by atoms with E-state index in [1.165, 1.54) is 11.3 Å². The molecule has 0 radical (unpaired) electrons. The number of nitrogens with zero attached hydrogens (tertiary/aromatic N) is 2. The third-order valence-electron chi connectivity index (χ3n) is 3.30. The lowest BCUT2D eigenvalue weighted by molar-refractivity contribution is 0.376. The largest absolute Gasteiger partial charge is 0.357 e. The minimum Gasteiger partial charge on any atom is -0.357 e. The van der Waals surface area contributed by atoms with E-state index in [4.69, 9.17) is 4.99 Å². The van der Waals surface area contributed by atoms with Crippen molar-refractivity contribution in [3.8, 4) is 0 Å². The van der Waals surface area contributed by atoms with Gasteiger partial charge in [-0.2, -0.15) is 23.1 Å². The van der Waals surface area contributed by atoms with Crippen LogP contribution in [0.25, 0.3) is 0 Å². The van der Waals surface area contributed by atoms with Gasteiger partial charge >= 0.3 is 0 Å². The maximum Gasteiger partial charge on any atom is 0.193 e. The molecule has 5 heteroatoms. The van der Waals surface area contributed by atoms with Gasteiger partial charge in [-0.05, 0) is 49.6 Å². The summed E-state index contributed by atoms with van der Waals surface area (Å²) in [6.45, 7) is 10.7. The number of aliphatic imine (C=N–C) groups is 1. The number of guanidine groups is 1. The molecule has 0 unspecified atom stereocenters. The number of hydrogen-bond acceptors (Lipinski definition) is 3. The van der Waals surface area contributed by atoms with Crippen molar-refractivity contribution in [2.24, 2.45) is 4.99 Å². The first-order valence-corrected chi connectivity index (χ1v) is 9.22. The van der Waals surface area contributed by atoms with Gasteiger partial charge in [-0.1, -0.05) is 0 Å². The van der Waals surface area contributed by atoms with Crippen molar-refractivity contribution in [2.75, 3.05) is 31.9 Å². The van der Waals surface area contributed by atoms with Gasteiger partial charge < -0.3 is 10.2 Å². The monoisotopic (exact) mass is 311 g/mol. The highest BCUT2D eigenvalue weighted by atomic mass is 32.2. The summed E-state index contributed by atoms with van der Waals surface area (Å²) < 4.78 is 0.321. The van der Waals surface area contributed by atoms with Crippen LogP contribution < -0.4 is 5.32 Å². The van der Waals surface area contributed by atoms with Crippen molar-refractivity contribution in [2.45, 2.75) is 31.9 Å². The Morgan fingerprint density at radius 2 is 2.35 bits per heavy atom. The fraction of sp³-hybridized carbons (Fsp3) is 0.667. The van der Waals surface area contributed by atoms with Crippen LogP contribution in [0.2, 0.25) is 0 Å². The predicted molar refractivity (Wildman–Crippen MR) is 92.1 cm³/mol. The zero-order valence-corrected chi connectivity index (χ0v) is 14.3. The van der Waals surface area contributed by atoms with Crippen LogP contribution in [0.3, 0.4) is 0 Å². The fourth-order valence-corrected chi connectivity index (χ4v) is 4.16. The molecule has 1 aliphatic heterocycles. The van der Waals surface area contributed by atoms with E-state index in [2.05, 4.69) is 59.6 Å². The highest BCUT2D eigenvalue weighted by molar-refractivity contribution is 8.00. The molecular formula is C15H25N3S2. The first kappa shape index (κ1) is 15.7. The third kappa shape index (κ3) is 4.70. The molecule has 1 N–H and O–H groups in total. The lowest BCUT2D eigenvalue weighted by Gasteiger charge is -2.39. The molecule has 0 atom stereocenters. The van der Waals surface area contributed by atoms with Gasteiger partial charge in [0.1, 0.15) is 0 Å². The van der Waals surface area contributed by atoms with E-state index in [-0.39, 0.29) is 0 Å². The summed E-state index contributed by atoms with van der Waals surface area (Å²) >= 11 is 3.82. The van der Waals surface area contributed by atoms with E-state index in [1.807, 2.05) is 0 Å². The molecule has 0 amide bonds. The summed E-state index contributed by atoms with van der Waals surface area (Å²) in [5.74, 6) is 2.26. The van der Waals surface area contributed by atoms with Crippen LogP contribution in [0.1, 0.15) is 26.3 Å². The molecule has 3 nitrogen and oxygen atoms in total. The Labute approximate surface area is 130 Å². The van der Waals surface area contributed by atoms with Gasteiger partial charge in [0.25, 0.3) is 0 Å². The summed E-state index contributed by atoms with van der Waals surface area (Å²) in [5, 5.41) is 7.78. The molecule has 0 aliphatic carbocycles. The minimum atomic E-state index is 0.321. The van der Waals surface area contributed by atoms with E-state index in [0.29, 0.717) is 4.75 Å². The van der Waals surface area contributed by atoms with Crippen molar-refractivity contribution in [3.05, 3.63) is 22.4 Å². The second-order valence-corrected chi connectivity index (χ2v) is 8.23. The molecular weight excluding hydrogens is 286 g/mol. The average molecular weight is 312 g/mol. The Bertz CT molecular complexity index is 426. The SMILES string of the molecule is CCNC(=NCCc1ccsc1)N1CCSC(C)(C)C1. The Balaban J connectivity index is 1.94. The van der Waals surface area contributed by atoms with Gasteiger partial charge in [0, 0.05) is 36.7 Å². The summed E-state index contributed by atoms with van der Waals surface area (Å²) in [4.78, 5) is 7.21. The number of hydrogen-bond donors (Lipinski definition) is 1. The highest BCUT2D eigenvalue weighted by Gasteiger charge is 2.28. The van der Waals surface area contributed by atoms with E-state index in [1.54, 1.807) is 11.3 Å². The molecule has 1 saturated heterocycles.